The minimum Gasteiger partial charge on any atom is -0.481 e. The molecule has 1 unspecified atom stereocenters. The molecule has 138 valence electrons. The first-order valence-electron chi connectivity index (χ1n) is 8.98. The topological polar surface area (TPSA) is 58.6 Å². The highest BCUT2D eigenvalue weighted by Crippen LogP contribution is 2.20. The highest BCUT2D eigenvalue weighted by molar-refractivity contribution is 5.71. The van der Waals surface area contributed by atoms with Crippen LogP contribution in [0.1, 0.15) is 11.1 Å². The predicted octanol–water partition coefficient (Wildman–Crippen LogP) is 4.32. The smallest absolute Gasteiger partial charge is 0.308 e. The van der Waals surface area contributed by atoms with Crippen LogP contribution >= 0.6 is 0 Å². The molecule has 0 aromatic heterocycles. The summed E-state index contributed by atoms with van der Waals surface area (Å²) >= 11 is 0. The molecule has 0 radical (unpaired) electrons. The Morgan fingerprint density at radius 1 is 0.815 bits per heavy atom. The minimum absolute atomic E-state index is 0.253. The number of rotatable bonds is 9. The number of hydrogen-bond donors (Lipinski definition) is 2. The zero-order chi connectivity index (χ0) is 18.9. The van der Waals surface area contributed by atoms with Crippen LogP contribution in [0, 0.1) is 5.92 Å². The maximum absolute atomic E-state index is 11.6. The number of carboxylic acid groups (broad SMARTS) is 1. The Morgan fingerprint density at radius 2 is 1.41 bits per heavy atom. The summed E-state index contributed by atoms with van der Waals surface area (Å²) in [4.78, 5) is 17.0. The van der Waals surface area contributed by atoms with E-state index in [1.807, 2.05) is 72.8 Å². The van der Waals surface area contributed by atoms with Crippen LogP contribution in [-0.4, -0.2) is 17.6 Å². The first-order chi connectivity index (χ1) is 13.2. The van der Waals surface area contributed by atoms with Crippen molar-refractivity contribution in [1.82, 2.24) is 5.48 Å². The quantitative estimate of drug-likeness (QED) is 0.440. The molecule has 0 amide bonds. The van der Waals surface area contributed by atoms with Crippen LogP contribution in [0.3, 0.4) is 0 Å². The van der Waals surface area contributed by atoms with Crippen molar-refractivity contribution in [3.63, 3.8) is 0 Å². The van der Waals surface area contributed by atoms with Gasteiger partial charge in [-0.05, 0) is 28.7 Å². The molecule has 0 saturated heterocycles. The largest absolute Gasteiger partial charge is 0.481 e. The van der Waals surface area contributed by atoms with Crippen LogP contribution in [-0.2, 0) is 22.7 Å². The third-order valence-corrected chi connectivity index (χ3v) is 4.41. The second-order valence-electron chi connectivity index (χ2n) is 6.42. The van der Waals surface area contributed by atoms with Crippen LogP contribution in [0.2, 0.25) is 0 Å². The predicted molar refractivity (Wildman–Crippen MR) is 106 cm³/mol. The van der Waals surface area contributed by atoms with Crippen molar-refractivity contribution in [2.24, 2.45) is 5.92 Å². The van der Waals surface area contributed by atoms with E-state index >= 15 is 0 Å². The number of carbonyl (C=O) groups is 1. The van der Waals surface area contributed by atoms with Crippen molar-refractivity contribution in [2.75, 3.05) is 6.54 Å². The molecule has 0 saturated carbocycles. The van der Waals surface area contributed by atoms with Gasteiger partial charge in [0.25, 0.3) is 0 Å². The van der Waals surface area contributed by atoms with E-state index in [0.717, 1.165) is 22.3 Å². The third-order valence-electron chi connectivity index (χ3n) is 4.41. The highest BCUT2D eigenvalue weighted by atomic mass is 16.6. The Morgan fingerprint density at radius 3 is 2.04 bits per heavy atom. The standard InChI is InChI=1S/C23H23NO3/c25-23(26)22(16-24-27-17-19-7-3-1-4-8-19)15-18-11-13-21(14-12-18)20-9-5-2-6-10-20/h1-14,22,24H,15-17H2,(H,25,26). The van der Waals surface area contributed by atoms with E-state index in [4.69, 9.17) is 4.84 Å². The van der Waals surface area contributed by atoms with Crippen LogP contribution < -0.4 is 5.48 Å². The SMILES string of the molecule is O=C(O)C(CNOCc1ccccc1)Cc1ccc(-c2ccccc2)cc1. The summed E-state index contributed by atoms with van der Waals surface area (Å²) in [5.41, 5.74) is 7.09. The number of aliphatic carboxylic acids is 1. The lowest BCUT2D eigenvalue weighted by molar-refractivity contribution is -0.142. The summed E-state index contributed by atoms with van der Waals surface area (Å²) in [5.74, 6) is -1.39. The Labute approximate surface area is 159 Å². The van der Waals surface area contributed by atoms with Crippen LogP contribution in [0.15, 0.2) is 84.9 Å². The molecule has 1 atom stereocenters. The van der Waals surface area contributed by atoms with E-state index in [1.165, 1.54) is 0 Å². The maximum atomic E-state index is 11.6. The molecule has 4 heteroatoms. The lowest BCUT2D eigenvalue weighted by Crippen LogP contribution is -2.30. The average molecular weight is 361 g/mol. The molecule has 0 aliphatic carbocycles. The second-order valence-corrected chi connectivity index (χ2v) is 6.42. The maximum Gasteiger partial charge on any atom is 0.308 e. The first-order valence-corrected chi connectivity index (χ1v) is 8.98. The lowest BCUT2D eigenvalue weighted by atomic mass is 9.97. The van der Waals surface area contributed by atoms with Gasteiger partial charge in [0.15, 0.2) is 0 Å². The molecule has 3 aromatic carbocycles. The van der Waals surface area contributed by atoms with Crippen molar-refractivity contribution >= 4 is 5.97 Å². The number of hydroxylamine groups is 1. The third kappa shape index (κ3) is 5.78. The molecule has 0 bridgehead atoms. The Kier molecular flexibility index (Phi) is 6.74. The minimum atomic E-state index is -0.835. The molecule has 0 heterocycles. The number of nitrogens with one attached hydrogen (secondary N) is 1. The number of hydrogen-bond acceptors (Lipinski definition) is 3. The molecule has 0 spiro atoms. The summed E-state index contributed by atoms with van der Waals surface area (Å²) in [7, 11) is 0. The van der Waals surface area contributed by atoms with E-state index in [0.29, 0.717) is 13.0 Å². The van der Waals surface area contributed by atoms with Crippen molar-refractivity contribution in [3.05, 3.63) is 96.1 Å². The monoisotopic (exact) mass is 361 g/mol. The second kappa shape index (κ2) is 9.67. The van der Waals surface area contributed by atoms with Crippen molar-refractivity contribution in [3.8, 4) is 11.1 Å². The average Bonchev–Trinajstić information content (AvgIpc) is 2.72. The molecule has 0 aliphatic rings. The van der Waals surface area contributed by atoms with Gasteiger partial charge < -0.3 is 5.11 Å². The van der Waals surface area contributed by atoms with Gasteiger partial charge >= 0.3 is 5.97 Å². The van der Waals surface area contributed by atoms with Crippen LogP contribution in [0.25, 0.3) is 11.1 Å². The van der Waals surface area contributed by atoms with Gasteiger partial charge in [0, 0.05) is 6.54 Å². The van der Waals surface area contributed by atoms with E-state index in [-0.39, 0.29) is 6.54 Å². The number of carboxylic acids is 1. The Balaban J connectivity index is 1.52. The van der Waals surface area contributed by atoms with Gasteiger partial charge in [-0.25, -0.2) is 5.48 Å². The molecule has 0 aliphatic heterocycles. The fraction of sp³-hybridized carbons (Fsp3) is 0.174. The van der Waals surface area contributed by atoms with Crippen LogP contribution in [0.4, 0.5) is 0 Å². The summed E-state index contributed by atoms with van der Waals surface area (Å²) < 4.78 is 0. The lowest BCUT2D eigenvalue weighted by Gasteiger charge is -2.14. The summed E-state index contributed by atoms with van der Waals surface area (Å²) in [5, 5.41) is 9.49. The van der Waals surface area contributed by atoms with E-state index in [2.05, 4.69) is 17.6 Å². The van der Waals surface area contributed by atoms with E-state index in [9.17, 15) is 9.90 Å². The fourth-order valence-electron chi connectivity index (χ4n) is 2.86. The fourth-order valence-corrected chi connectivity index (χ4v) is 2.86. The Bertz CT molecular complexity index is 833. The molecule has 4 nitrogen and oxygen atoms in total. The molecular formula is C23H23NO3. The summed E-state index contributed by atoms with van der Waals surface area (Å²) in [6, 6.07) is 27.9. The number of benzene rings is 3. The first kappa shape index (κ1) is 18.8. The molecule has 3 aromatic rings. The van der Waals surface area contributed by atoms with Gasteiger partial charge in [0.05, 0.1) is 12.5 Å². The summed E-state index contributed by atoms with van der Waals surface area (Å²) in [6.45, 7) is 0.654. The van der Waals surface area contributed by atoms with Gasteiger partial charge in [-0.15, -0.1) is 0 Å². The van der Waals surface area contributed by atoms with Crippen LogP contribution in [0.5, 0.6) is 0 Å². The Hall–Kier alpha value is -2.95. The highest BCUT2D eigenvalue weighted by Gasteiger charge is 2.18. The van der Waals surface area contributed by atoms with Gasteiger partial charge in [-0.1, -0.05) is 84.9 Å². The molecular weight excluding hydrogens is 338 g/mol. The van der Waals surface area contributed by atoms with Crippen molar-refractivity contribution < 1.29 is 14.7 Å². The van der Waals surface area contributed by atoms with Crippen molar-refractivity contribution in [2.45, 2.75) is 13.0 Å². The van der Waals surface area contributed by atoms with Gasteiger partial charge in [-0.2, -0.15) is 0 Å². The van der Waals surface area contributed by atoms with Crippen molar-refractivity contribution in [1.29, 1.82) is 0 Å². The normalized spacial score (nSPS) is 11.9. The van der Waals surface area contributed by atoms with E-state index in [1.54, 1.807) is 0 Å². The van der Waals surface area contributed by atoms with Gasteiger partial charge in [0.2, 0.25) is 0 Å². The van der Waals surface area contributed by atoms with Gasteiger partial charge in [0.1, 0.15) is 0 Å². The molecule has 0 fully saturated rings. The zero-order valence-corrected chi connectivity index (χ0v) is 15.0. The van der Waals surface area contributed by atoms with Gasteiger partial charge in [-0.3, -0.25) is 9.63 Å². The molecule has 3 rings (SSSR count). The molecule has 2 N–H and O–H groups in total. The van der Waals surface area contributed by atoms with E-state index < -0.39 is 11.9 Å². The summed E-state index contributed by atoms with van der Waals surface area (Å²) in [6.07, 6.45) is 0.450. The molecule has 27 heavy (non-hydrogen) atoms. The zero-order valence-electron chi connectivity index (χ0n) is 15.0.